The van der Waals surface area contributed by atoms with E-state index in [1.165, 1.54) is 89.9 Å². The average Bonchev–Trinajstić information content (AvgIpc) is 3.30. The highest BCUT2D eigenvalue weighted by Crippen LogP contribution is 2.11. The molecule has 1 atom stereocenters. The highest BCUT2D eigenvalue weighted by atomic mass is 16.6. The third-order valence-electron chi connectivity index (χ3n) is 10.7. The normalized spacial score (nSPS) is 13.0. The van der Waals surface area contributed by atoms with Crippen LogP contribution in [0, 0.1) is 0 Å². The molecule has 0 aliphatic heterocycles. The van der Waals surface area contributed by atoms with Gasteiger partial charge in [0.05, 0.1) is 0 Å². The molecule has 0 aromatic heterocycles. The minimum atomic E-state index is -0.833. The highest BCUT2D eigenvalue weighted by molar-refractivity contribution is 5.71. The predicted molar refractivity (Wildman–Crippen MR) is 279 cm³/mol. The fourth-order valence-electron chi connectivity index (χ4n) is 6.71. The maximum absolute atomic E-state index is 12.8. The Morgan fingerprint density at radius 1 is 0.308 bits per heavy atom. The lowest BCUT2D eigenvalue weighted by atomic mass is 10.1. The van der Waals surface area contributed by atoms with Crippen molar-refractivity contribution >= 4 is 17.9 Å². The predicted octanol–water partition coefficient (Wildman–Crippen LogP) is 17.5. The van der Waals surface area contributed by atoms with Crippen molar-refractivity contribution < 1.29 is 28.6 Å². The van der Waals surface area contributed by atoms with Crippen LogP contribution in [0.5, 0.6) is 0 Å². The first-order valence-electron chi connectivity index (χ1n) is 26.4. The molecule has 6 heteroatoms. The summed E-state index contributed by atoms with van der Waals surface area (Å²) in [4.78, 5) is 38.0. The molecule has 0 saturated carbocycles. The third-order valence-corrected chi connectivity index (χ3v) is 10.7. The van der Waals surface area contributed by atoms with Gasteiger partial charge in [0.15, 0.2) is 6.10 Å². The molecule has 0 fully saturated rings. The van der Waals surface area contributed by atoms with Crippen molar-refractivity contribution in [2.45, 2.75) is 232 Å². The van der Waals surface area contributed by atoms with Gasteiger partial charge in [0.2, 0.25) is 0 Å². The van der Waals surface area contributed by atoms with E-state index in [-0.39, 0.29) is 44.0 Å². The van der Waals surface area contributed by atoms with Gasteiger partial charge in [0, 0.05) is 19.3 Å². The van der Waals surface area contributed by atoms with Crippen LogP contribution in [0.25, 0.3) is 0 Å². The summed E-state index contributed by atoms with van der Waals surface area (Å²) < 4.78 is 16.7. The standard InChI is InChI=1S/C59H96O6/c1-4-7-10-13-16-19-22-25-27-29-31-34-37-40-43-46-49-52-58(61)64-55-56(54-63-57(60)51-48-45-42-39-36-33-24-21-18-15-12-9-6-3)65-59(62)53-50-47-44-41-38-35-32-30-28-26-23-20-17-14-11-8-5-2/h16-17,19-21,24-28,31-32,34-35,40-41,43-44,56H,4-15,18,22-23,29-30,33,36-39,42,45-55H2,1-3H3/b19-16-,20-17-,24-21-,27-25-,28-26-,34-31-,35-32-,43-40-,44-41-/t56-/m1/s1. The van der Waals surface area contributed by atoms with Crippen molar-refractivity contribution in [3.8, 4) is 0 Å². The second-order valence-electron chi connectivity index (χ2n) is 17.1. The molecule has 6 nitrogen and oxygen atoms in total. The SMILES string of the molecule is CCCCC/C=C\C/C=C\C/C=C\C/C=C\CCCC(=O)OC[C@@H](COC(=O)CCCCCCC/C=C\CCCCCC)OC(=O)CCC/C=C\C/C=C\C/C=C\C/C=C\CCCCC. The van der Waals surface area contributed by atoms with Crippen LogP contribution < -0.4 is 0 Å². The van der Waals surface area contributed by atoms with Gasteiger partial charge in [-0.25, -0.2) is 0 Å². The molecule has 0 radical (unpaired) electrons. The Kier molecular flexibility index (Phi) is 49.5. The fourth-order valence-corrected chi connectivity index (χ4v) is 6.71. The molecule has 0 aromatic rings. The molecule has 65 heavy (non-hydrogen) atoms. The van der Waals surface area contributed by atoms with Crippen LogP contribution in [-0.2, 0) is 28.6 Å². The van der Waals surface area contributed by atoms with Crippen molar-refractivity contribution in [1.29, 1.82) is 0 Å². The van der Waals surface area contributed by atoms with E-state index in [2.05, 4.69) is 130 Å². The van der Waals surface area contributed by atoms with Crippen LogP contribution in [0.1, 0.15) is 226 Å². The van der Waals surface area contributed by atoms with E-state index >= 15 is 0 Å². The summed E-state index contributed by atoms with van der Waals surface area (Å²) in [5, 5.41) is 0. The van der Waals surface area contributed by atoms with Gasteiger partial charge in [-0.3, -0.25) is 14.4 Å². The molecule has 368 valence electrons. The number of unbranched alkanes of at least 4 members (excludes halogenated alkanes) is 17. The highest BCUT2D eigenvalue weighted by Gasteiger charge is 2.19. The Bertz CT molecular complexity index is 1360. The van der Waals surface area contributed by atoms with E-state index in [1.54, 1.807) is 0 Å². The second kappa shape index (κ2) is 52.7. The Hall–Kier alpha value is -3.93. The number of esters is 3. The van der Waals surface area contributed by atoms with Crippen LogP contribution >= 0.6 is 0 Å². The summed E-state index contributed by atoms with van der Waals surface area (Å²) in [5.74, 6) is -1.05. The molecular formula is C59H96O6. The number of hydrogen-bond acceptors (Lipinski definition) is 6. The molecular weight excluding hydrogens is 805 g/mol. The van der Waals surface area contributed by atoms with Crippen LogP contribution in [0.4, 0.5) is 0 Å². The van der Waals surface area contributed by atoms with Crippen molar-refractivity contribution in [2.24, 2.45) is 0 Å². The molecule has 0 aromatic carbocycles. The topological polar surface area (TPSA) is 78.9 Å². The summed E-state index contributed by atoms with van der Waals surface area (Å²) in [5.41, 5.74) is 0. The lowest BCUT2D eigenvalue weighted by molar-refractivity contribution is -0.167. The largest absolute Gasteiger partial charge is 0.462 e. The zero-order chi connectivity index (χ0) is 47.2. The van der Waals surface area contributed by atoms with Crippen molar-refractivity contribution in [3.63, 3.8) is 0 Å². The van der Waals surface area contributed by atoms with Gasteiger partial charge < -0.3 is 14.2 Å². The Morgan fingerprint density at radius 3 is 0.969 bits per heavy atom. The molecule has 0 amide bonds. The quantitative estimate of drug-likeness (QED) is 0.0262. The monoisotopic (exact) mass is 901 g/mol. The van der Waals surface area contributed by atoms with Crippen molar-refractivity contribution in [2.75, 3.05) is 13.2 Å². The van der Waals surface area contributed by atoms with Gasteiger partial charge >= 0.3 is 17.9 Å². The van der Waals surface area contributed by atoms with E-state index in [0.717, 1.165) is 83.5 Å². The summed E-state index contributed by atoms with van der Waals surface area (Å²) in [6.45, 7) is 6.45. The summed E-state index contributed by atoms with van der Waals surface area (Å²) >= 11 is 0. The maximum atomic E-state index is 12.8. The molecule has 0 spiro atoms. The van der Waals surface area contributed by atoms with Crippen LogP contribution in [0.2, 0.25) is 0 Å². The Labute approximate surface area is 400 Å². The van der Waals surface area contributed by atoms with E-state index in [0.29, 0.717) is 19.3 Å². The summed E-state index contributed by atoms with van der Waals surface area (Å²) in [6, 6.07) is 0. The number of hydrogen-bond donors (Lipinski definition) is 0. The number of rotatable bonds is 46. The fraction of sp³-hybridized carbons (Fsp3) is 0.644. The zero-order valence-electron chi connectivity index (χ0n) is 42.0. The van der Waals surface area contributed by atoms with E-state index < -0.39 is 6.10 Å². The van der Waals surface area contributed by atoms with Gasteiger partial charge in [-0.15, -0.1) is 0 Å². The first-order chi connectivity index (χ1) is 32.0. The molecule has 0 heterocycles. The molecule has 0 unspecified atom stereocenters. The maximum Gasteiger partial charge on any atom is 0.306 e. The van der Waals surface area contributed by atoms with E-state index in [9.17, 15) is 14.4 Å². The Morgan fingerprint density at radius 2 is 0.569 bits per heavy atom. The zero-order valence-corrected chi connectivity index (χ0v) is 42.0. The lowest BCUT2D eigenvalue weighted by Crippen LogP contribution is -2.30. The van der Waals surface area contributed by atoms with Crippen molar-refractivity contribution in [3.05, 3.63) is 109 Å². The van der Waals surface area contributed by atoms with E-state index in [1.807, 2.05) is 0 Å². The van der Waals surface area contributed by atoms with Gasteiger partial charge in [0.25, 0.3) is 0 Å². The number of ether oxygens (including phenoxy) is 3. The molecule has 0 rings (SSSR count). The van der Waals surface area contributed by atoms with Crippen LogP contribution in [0.15, 0.2) is 109 Å². The molecule has 0 saturated heterocycles. The Balaban J connectivity index is 4.59. The van der Waals surface area contributed by atoms with Gasteiger partial charge in [-0.2, -0.15) is 0 Å². The molecule has 0 aliphatic carbocycles. The van der Waals surface area contributed by atoms with Crippen molar-refractivity contribution in [1.82, 2.24) is 0 Å². The molecule has 0 N–H and O–H groups in total. The minimum Gasteiger partial charge on any atom is -0.462 e. The summed E-state index contributed by atoms with van der Waals surface area (Å²) in [6.07, 6.45) is 70.8. The minimum absolute atomic E-state index is 0.123. The summed E-state index contributed by atoms with van der Waals surface area (Å²) in [7, 11) is 0. The number of allylic oxidation sites excluding steroid dienone is 18. The van der Waals surface area contributed by atoms with Gasteiger partial charge in [-0.1, -0.05) is 194 Å². The first-order valence-corrected chi connectivity index (χ1v) is 26.4. The second-order valence-corrected chi connectivity index (χ2v) is 17.1. The lowest BCUT2D eigenvalue weighted by Gasteiger charge is -2.18. The number of carbonyl (C=O) groups is 3. The third kappa shape index (κ3) is 50.9. The smallest absolute Gasteiger partial charge is 0.306 e. The van der Waals surface area contributed by atoms with Gasteiger partial charge in [0.1, 0.15) is 13.2 Å². The van der Waals surface area contributed by atoms with Crippen LogP contribution in [-0.4, -0.2) is 37.2 Å². The molecule has 0 aliphatic rings. The number of carbonyl (C=O) groups excluding carboxylic acids is 3. The van der Waals surface area contributed by atoms with Crippen LogP contribution in [0.3, 0.4) is 0 Å². The first kappa shape index (κ1) is 61.1. The average molecular weight is 901 g/mol. The van der Waals surface area contributed by atoms with Gasteiger partial charge in [-0.05, 0) is 122 Å². The van der Waals surface area contributed by atoms with E-state index in [4.69, 9.17) is 14.2 Å². The molecule has 0 bridgehead atoms.